The van der Waals surface area contributed by atoms with Crippen LogP contribution in [0.2, 0.25) is 0 Å². The number of hydrogen-bond donors (Lipinski definition) is 0. The van der Waals surface area contributed by atoms with Crippen molar-refractivity contribution in [1.29, 1.82) is 0 Å². The molecule has 0 spiro atoms. The molecule has 0 unspecified atom stereocenters. The maximum Gasteiger partial charge on any atom is 0.128 e. The molecule has 3 heteroatoms. The molecular weight excluding hydrogens is 251 g/mol. The Labute approximate surface area is 119 Å². The van der Waals surface area contributed by atoms with Gasteiger partial charge in [-0.2, -0.15) is 5.10 Å². The number of allylic oxidation sites excluding steroid dienone is 3. The van der Waals surface area contributed by atoms with E-state index >= 15 is 0 Å². The highest BCUT2D eigenvalue weighted by Crippen LogP contribution is 2.13. The first-order chi connectivity index (χ1) is 9.74. The van der Waals surface area contributed by atoms with Gasteiger partial charge in [-0.25, -0.2) is 4.39 Å². The van der Waals surface area contributed by atoms with E-state index in [2.05, 4.69) is 12.0 Å². The van der Waals surface area contributed by atoms with Crippen LogP contribution in [0.3, 0.4) is 0 Å². The van der Waals surface area contributed by atoms with Gasteiger partial charge in [0.15, 0.2) is 0 Å². The molecule has 2 rings (SSSR count). The molecule has 2 nitrogen and oxygen atoms in total. The van der Waals surface area contributed by atoms with Gasteiger partial charge in [-0.05, 0) is 31.6 Å². The fourth-order valence-electron chi connectivity index (χ4n) is 2.03. The molecule has 0 aliphatic heterocycles. The second-order valence-electron chi connectivity index (χ2n) is 4.55. The van der Waals surface area contributed by atoms with Crippen molar-refractivity contribution in [1.82, 2.24) is 9.78 Å². The van der Waals surface area contributed by atoms with E-state index < -0.39 is 0 Å². The lowest BCUT2D eigenvalue weighted by Gasteiger charge is -2.06. The van der Waals surface area contributed by atoms with Crippen LogP contribution < -0.4 is 0 Å². The number of nitrogens with zero attached hydrogens (tertiary/aromatic N) is 2. The summed E-state index contributed by atoms with van der Waals surface area (Å²) in [6, 6.07) is 8.87. The van der Waals surface area contributed by atoms with Crippen molar-refractivity contribution >= 4 is 6.08 Å². The minimum atomic E-state index is -0.184. The third kappa shape index (κ3) is 3.44. The normalized spacial score (nSPS) is 11.8. The third-order valence-corrected chi connectivity index (χ3v) is 3.09. The first-order valence-electron chi connectivity index (χ1n) is 6.84. The van der Waals surface area contributed by atoms with E-state index in [9.17, 15) is 4.39 Å². The Balaban J connectivity index is 2.25. The van der Waals surface area contributed by atoms with Crippen LogP contribution in [0.5, 0.6) is 0 Å². The van der Waals surface area contributed by atoms with Gasteiger partial charge >= 0.3 is 0 Å². The third-order valence-electron chi connectivity index (χ3n) is 3.09. The summed E-state index contributed by atoms with van der Waals surface area (Å²) in [4.78, 5) is 0. The summed E-state index contributed by atoms with van der Waals surface area (Å²) in [5.74, 6) is -0.184. The lowest BCUT2D eigenvalue weighted by molar-refractivity contribution is 0.576. The van der Waals surface area contributed by atoms with Crippen molar-refractivity contribution in [2.45, 2.75) is 26.8 Å². The van der Waals surface area contributed by atoms with Crippen LogP contribution in [0.4, 0.5) is 4.39 Å². The van der Waals surface area contributed by atoms with E-state index in [-0.39, 0.29) is 5.82 Å². The topological polar surface area (TPSA) is 17.8 Å². The van der Waals surface area contributed by atoms with E-state index in [1.807, 2.05) is 48.0 Å². The molecule has 0 bridgehead atoms. The predicted molar refractivity (Wildman–Crippen MR) is 81.0 cm³/mol. The van der Waals surface area contributed by atoms with E-state index in [1.165, 1.54) is 6.07 Å². The van der Waals surface area contributed by atoms with Crippen LogP contribution in [0.1, 0.15) is 30.8 Å². The monoisotopic (exact) mass is 270 g/mol. The minimum absolute atomic E-state index is 0.184. The number of hydrogen-bond acceptors (Lipinski definition) is 1. The summed E-state index contributed by atoms with van der Waals surface area (Å²) < 4.78 is 15.6. The average molecular weight is 270 g/mol. The molecule has 0 atom stereocenters. The van der Waals surface area contributed by atoms with E-state index in [0.717, 1.165) is 17.8 Å². The molecule has 104 valence electrons. The second-order valence-corrected chi connectivity index (χ2v) is 4.55. The smallest absolute Gasteiger partial charge is 0.128 e. The Morgan fingerprint density at radius 1 is 1.25 bits per heavy atom. The van der Waals surface area contributed by atoms with Crippen LogP contribution in [0.15, 0.2) is 48.6 Å². The average Bonchev–Trinajstić information content (AvgIpc) is 2.84. The van der Waals surface area contributed by atoms with Gasteiger partial charge in [0.1, 0.15) is 5.82 Å². The van der Waals surface area contributed by atoms with Crippen molar-refractivity contribution in [2.24, 2.45) is 0 Å². The molecule has 0 saturated heterocycles. The molecule has 2 aromatic rings. The zero-order valence-corrected chi connectivity index (χ0v) is 11.9. The SMILES string of the molecule is C/C=C\C=C\c1cc(CC)n(Cc2ccccc2F)n1. The number of aromatic nitrogens is 2. The summed E-state index contributed by atoms with van der Waals surface area (Å²) >= 11 is 0. The minimum Gasteiger partial charge on any atom is -0.264 e. The summed E-state index contributed by atoms with van der Waals surface area (Å²) in [5, 5.41) is 4.52. The molecule has 0 N–H and O–H groups in total. The molecule has 0 aliphatic carbocycles. The highest BCUT2D eigenvalue weighted by atomic mass is 19.1. The molecule has 20 heavy (non-hydrogen) atoms. The van der Waals surface area contributed by atoms with Crippen molar-refractivity contribution in [3.05, 3.63) is 71.3 Å². The largest absolute Gasteiger partial charge is 0.264 e. The zero-order valence-electron chi connectivity index (χ0n) is 11.9. The van der Waals surface area contributed by atoms with Gasteiger partial charge in [-0.3, -0.25) is 4.68 Å². The summed E-state index contributed by atoms with van der Waals surface area (Å²) in [6.45, 7) is 4.51. The molecule has 1 aromatic carbocycles. The van der Waals surface area contributed by atoms with Crippen LogP contribution in [-0.4, -0.2) is 9.78 Å². The van der Waals surface area contributed by atoms with Gasteiger partial charge in [0.2, 0.25) is 0 Å². The molecule has 0 amide bonds. The number of halogens is 1. The van der Waals surface area contributed by atoms with Gasteiger partial charge in [-0.1, -0.05) is 43.4 Å². The van der Waals surface area contributed by atoms with Gasteiger partial charge in [0.25, 0.3) is 0 Å². The second kappa shape index (κ2) is 6.85. The van der Waals surface area contributed by atoms with E-state index in [0.29, 0.717) is 12.1 Å². The zero-order chi connectivity index (χ0) is 14.4. The summed E-state index contributed by atoms with van der Waals surface area (Å²) in [7, 11) is 0. The molecule has 0 fully saturated rings. The number of aryl methyl sites for hydroxylation is 1. The van der Waals surface area contributed by atoms with Crippen LogP contribution in [0, 0.1) is 5.82 Å². The quantitative estimate of drug-likeness (QED) is 0.744. The van der Waals surface area contributed by atoms with Crippen molar-refractivity contribution in [2.75, 3.05) is 0 Å². The number of benzene rings is 1. The van der Waals surface area contributed by atoms with Crippen molar-refractivity contribution in [3.8, 4) is 0 Å². The van der Waals surface area contributed by atoms with Crippen LogP contribution >= 0.6 is 0 Å². The lowest BCUT2D eigenvalue weighted by atomic mass is 10.2. The summed E-state index contributed by atoms with van der Waals surface area (Å²) in [6.07, 6.45) is 8.71. The Morgan fingerprint density at radius 3 is 2.75 bits per heavy atom. The molecule has 1 aromatic heterocycles. The number of rotatable bonds is 5. The first-order valence-corrected chi connectivity index (χ1v) is 6.84. The molecule has 0 radical (unpaired) electrons. The van der Waals surface area contributed by atoms with E-state index in [1.54, 1.807) is 12.1 Å². The fourth-order valence-corrected chi connectivity index (χ4v) is 2.03. The van der Waals surface area contributed by atoms with E-state index in [4.69, 9.17) is 0 Å². The Hall–Kier alpha value is -2.16. The fraction of sp³-hybridized carbons (Fsp3) is 0.235. The molecule has 1 heterocycles. The Bertz CT molecular complexity index is 624. The highest BCUT2D eigenvalue weighted by Gasteiger charge is 2.07. The lowest BCUT2D eigenvalue weighted by Crippen LogP contribution is -2.07. The van der Waals surface area contributed by atoms with Crippen molar-refractivity contribution in [3.63, 3.8) is 0 Å². The standard InChI is InChI=1S/C17H19FN2/c1-3-5-6-10-15-12-16(4-2)20(19-15)13-14-9-7-8-11-17(14)18/h3,5-12H,4,13H2,1-2H3/b5-3-,10-6+. The van der Waals surface area contributed by atoms with Gasteiger partial charge in [-0.15, -0.1) is 0 Å². The maximum absolute atomic E-state index is 13.7. The molecular formula is C17H19FN2. The summed E-state index contributed by atoms with van der Waals surface area (Å²) in [5.41, 5.74) is 2.67. The van der Waals surface area contributed by atoms with Crippen LogP contribution in [-0.2, 0) is 13.0 Å². The molecule has 0 saturated carbocycles. The first kappa shape index (κ1) is 14.3. The predicted octanol–water partition coefficient (Wildman–Crippen LogP) is 4.22. The van der Waals surface area contributed by atoms with Gasteiger partial charge in [0.05, 0.1) is 12.2 Å². The van der Waals surface area contributed by atoms with Gasteiger partial charge in [0, 0.05) is 11.3 Å². The molecule has 0 aliphatic rings. The van der Waals surface area contributed by atoms with Crippen LogP contribution in [0.25, 0.3) is 6.08 Å². The Kier molecular flexibility index (Phi) is 4.88. The Morgan fingerprint density at radius 2 is 2.05 bits per heavy atom. The highest BCUT2D eigenvalue weighted by molar-refractivity contribution is 5.47. The maximum atomic E-state index is 13.7. The van der Waals surface area contributed by atoms with Gasteiger partial charge < -0.3 is 0 Å². The van der Waals surface area contributed by atoms with Crippen molar-refractivity contribution < 1.29 is 4.39 Å².